The van der Waals surface area contributed by atoms with Crippen LogP contribution >= 0.6 is 0 Å². The Morgan fingerprint density at radius 1 is 1.17 bits per heavy atom. The van der Waals surface area contributed by atoms with Crippen LogP contribution in [0.3, 0.4) is 0 Å². The summed E-state index contributed by atoms with van der Waals surface area (Å²) in [5.41, 5.74) is 8.69. The van der Waals surface area contributed by atoms with Crippen molar-refractivity contribution in [2.45, 2.75) is 64.9 Å². The van der Waals surface area contributed by atoms with Crippen molar-refractivity contribution in [1.82, 2.24) is 0 Å². The maximum Gasteiger partial charge on any atom is 0.0823 e. The average molecular weight is 320 g/mol. The number of aliphatic hydroxyl groups is 1. The molecule has 0 bridgehead atoms. The van der Waals surface area contributed by atoms with Gasteiger partial charge in [-0.3, -0.25) is 0 Å². The lowest BCUT2D eigenvalue weighted by Gasteiger charge is -2.19. The molecular weight excluding hydrogens is 292 g/mol. The number of benzene rings is 2. The van der Waals surface area contributed by atoms with Crippen LogP contribution in [0.5, 0.6) is 0 Å². The Labute approximate surface area is 145 Å². The minimum absolute atomic E-state index is 0.300. The molecule has 0 unspecified atom stereocenters. The number of unbranched alkanes of at least 4 members (excludes halogenated alkanes) is 1. The van der Waals surface area contributed by atoms with E-state index in [9.17, 15) is 5.11 Å². The van der Waals surface area contributed by atoms with Crippen molar-refractivity contribution in [2.75, 3.05) is 0 Å². The molecule has 2 aromatic rings. The fourth-order valence-electron chi connectivity index (χ4n) is 3.72. The molecule has 2 aromatic carbocycles. The zero-order valence-corrected chi connectivity index (χ0v) is 14.9. The van der Waals surface area contributed by atoms with Crippen molar-refractivity contribution in [2.24, 2.45) is 0 Å². The third kappa shape index (κ3) is 3.64. The van der Waals surface area contributed by atoms with Gasteiger partial charge in [0.1, 0.15) is 0 Å². The molecule has 1 saturated carbocycles. The van der Waals surface area contributed by atoms with Gasteiger partial charge in [0.05, 0.1) is 6.10 Å². The molecule has 0 saturated heterocycles. The molecule has 0 heterocycles. The Balaban J connectivity index is 2.20. The Morgan fingerprint density at radius 2 is 2.00 bits per heavy atom. The van der Waals surface area contributed by atoms with Crippen molar-refractivity contribution in [3.8, 4) is 0 Å². The summed E-state index contributed by atoms with van der Waals surface area (Å²) in [6.45, 7) is 4.42. The van der Waals surface area contributed by atoms with E-state index in [2.05, 4.69) is 56.0 Å². The summed E-state index contributed by atoms with van der Waals surface area (Å²) in [5, 5.41) is 12.9. The van der Waals surface area contributed by atoms with Crippen molar-refractivity contribution in [1.29, 1.82) is 0 Å². The molecule has 1 aliphatic rings. The lowest BCUT2D eigenvalue weighted by Crippen LogP contribution is -2.14. The van der Waals surface area contributed by atoms with E-state index in [-0.39, 0.29) is 6.10 Å². The van der Waals surface area contributed by atoms with Gasteiger partial charge in [-0.2, -0.15) is 0 Å². The van der Waals surface area contributed by atoms with Crippen LogP contribution in [0.1, 0.15) is 63.0 Å². The largest absolute Gasteiger partial charge is 0.388 e. The van der Waals surface area contributed by atoms with Gasteiger partial charge in [0, 0.05) is 11.1 Å². The molecule has 0 radical (unpaired) electrons. The molecule has 1 fully saturated rings. The van der Waals surface area contributed by atoms with Crippen LogP contribution in [0, 0.1) is 6.92 Å². The van der Waals surface area contributed by atoms with E-state index in [4.69, 9.17) is 0 Å². The summed E-state index contributed by atoms with van der Waals surface area (Å²) in [6, 6.07) is 13.0. The predicted octanol–water partition coefficient (Wildman–Crippen LogP) is 6.18. The van der Waals surface area contributed by atoms with Gasteiger partial charge in [-0.05, 0) is 60.9 Å². The second kappa shape index (κ2) is 7.83. The molecule has 24 heavy (non-hydrogen) atoms. The number of aryl methyl sites for hydroxylation is 1. The van der Waals surface area contributed by atoms with Crippen LogP contribution in [-0.4, -0.2) is 11.2 Å². The minimum atomic E-state index is -0.300. The Bertz CT molecular complexity index is 778. The van der Waals surface area contributed by atoms with Crippen LogP contribution in [-0.2, 0) is 0 Å². The molecular formula is C23H28O. The van der Waals surface area contributed by atoms with E-state index < -0.39 is 0 Å². The average Bonchev–Trinajstić information content (AvgIpc) is 2.60. The summed E-state index contributed by atoms with van der Waals surface area (Å²) < 4.78 is 0. The first kappa shape index (κ1) is 17.0. The van der Waals surface area contributed by atoms with Gasteiger partial charge in [0.2, 0.25) is 0 Å². The number of fused-ring (bicyclic) bond motifs is 1. The molecule has 1 heteroatoms. The smallest absolute Gasteiger partial charge is 0.0823 e. The monoisotopic (exact) mass is 320 g/mol. The Kier molecular flexibility index (Phi) is 5.56. The molecule has 0 aliphatic heterocycles. The molecule has 0 amide bonds. The first-order valence-electron chi connectivity index (χ1n) is 9.36. The molecule has 0 spiro atoms. The first-order valence-corrected chi connectivity index (χ1v) is 9.36. The highest BCUT2D eigenvalue weighted by atomic mass is 16.3. The molecule has 1 aliphatic carbocycles. The zero-order chi connectivity index (χ0) is 16.9. The van der Waals surface area contributed by atoms with E-state index in [1.54, 1.807) is 0 Å². The van der Waals surface area contributed by atoms with Gasteiger partial charge in [0.25, 0.3) is 0 Å². The lowest BCUT2D eigenvalue weighted by molar-refractivity contribution is 0.179. The van der Waals surface area contributed by atoms with Gasteiger partial charge >= 0.3 is 0 Å². The quantitative estimate of drug-likeness (QED) is 0.667. The second-order valence-corrected chi connectivity index (χ2v) is 6.97. The fraction of sp³-hybridized carbons (Fsp3) is 0.435. The third-order valence-corrected chi connectivity index (χ3v) is 5.11. The summed E-state index contributed by atoms with van der Waals surface area (Å²) in [4.78, 5) is 0. The predicted molar refractivity (Wildman–Crippen MR) is 103 cm³/mol. The van der Waals surface area contributed by atoms with Gasteiger partial charge in [-0.15, -0.1) is 5.73 Å². The topological polar surface area (TPSA) is 20.2 Å². The molecule has 3 rings (SSSR count). The van der Waals surface area contributed by atoms with Gasteiger partial charge in [-0.1, -0.05) is 56.2 Å². The maximum atomic E-state index is 10.4. The van der Waals surface area contributed by atoms with Crippen molar-refractivity contribution in [3.05, 3.63) is 58.8 Å². The molecule has 1 N–H and O–H groups in total. The Morgan fingerprint density at radius 3 is 2.79 bits per heavy atom. The van der Waals surface area contributed by atoms with Gasteiger partial charge in [-0.25, -0.2) is 0 Å². The van der Waals surface area contributed by atoms with E-state index in [0.29, 0.717) is 0 Å². The van der Waals surface area contributed by atoms with E-state index in [1.165, 1.54) is 40.3 Å². The van der Waals surface area contributed by atoms with E-state index >= 15 is 0 Å². The summed E-state index contributed by atoms with van der Waals surface area (Å²) in [5.74, 6) is 0. The SMILES string of the molecule is CCCCC(=C=C1CCCC[C@H]1O)c1c(C)ccc2ccccc12. The highest BCUT2D eigenvalue weighted by Crippen LogP contribution is 2.32. The molecule has 1 nitrogen and oxygen atoms in total. The summed E-state index contributed by atoms with van der Waals surface area (Å²) >= 11 is 0. The highest BCUT2D eigenvalue weighted by Gasteiger charge is 2.17. The summed E-state index contributed by atoms with van der Waals surface area (Å²) in [6.07, 6.45) is 7.24. The van der Waals surface area contributed by atoms with Gasteiger partial charge in [0.15, 0.2) is 0 Å². The highest BCUT2D eigenvalue weighted by molar-refractivity contribution is 5.95. The van der Waals surface area contributed by atoms with E-state index in [1.807, 2.05) is 0 Å². The first-order chi connectivity index (χ1) is 11.7. The zero-order valence-electron chi connectivity index (χ0n) is 14.9. The summed E-state index contributed by atoms with van der Waals surface area (Å²) in [7, 11) is 0. The van der Waals surface area contributed by atoms with Gasteiger partial charge < -0.3 is 5.11 Å². The maximum absolute atomic E-state index is 10.4. The Hall–Kier alpha value is -1.82. The molecule has 1 atom stereocenters. The number of hydrogen-bond acceptors (Lipinski definition) is 1. The van der Waals surface area contributed by atoms with Crippen LogP contribution < -0.4 is 0 Å². The fourth-order valence-corrected chi connectivity index (χ4v) is 3.72. The van der Waals surface area contributed by atoms with Crippen molar-refractivity contribution < 1.29 is 5.11 Å². The van der Waals surface area contributed by atoms with Crippen molar-refractivity contribution in [3.63, 3.8) is 0 Å². The molecule has 126 valence electrons. The third-order valence-electron chi connectivity index (χ3n) is 5.11. The normalized spacial score (nSPS) is 17.8. The minimum Gasteiger partial charge on any atom is -0.388 e. The number of aliphatic hydroxyl groups excluding tert-OH is 1. The van der Waals surface area contributed by atoms with Crippen LogP contribution in [0.25, 0.3) is 16.3 Å². The van der Waals surface area contributed by atoms with E-state index in [0.717, 1.165) is 37.7 Å². The number of hydrogen-bond donors (Lipinski definition) is 1. The standard InChI is InChI=1S/C23H28O/c1-3-4-9-20(16-19-11-6-8-13-22(19)24)23-17(2)14-15-18-10-5-7-12-21(18)23/h5,7,10,12,14-15,22,24H,3-4,6,8-9,11,13H2,1-2H3/t16?,22-/m1/s1. The van der Waals surface area contributed by atoms with Crippen LogP contribution in [0.15, 0.2) is 47.7 Å². The number of rotatable bonds is 4. The van der Waals surface area contributed by atoms with Crippen molar-refractivity contribution >= 4 is 16.3 Å². The second-order valence-electron chi connectivity index (χ2n) is 6.97. The van der Waals surface area contributed by atoms with Crippen LogP contribution in [0.4, 0.5) is 0 Å². The van der Waals surface area contributed by atoms with Crippen LogP contribution in [0.2, 0.25) is 0 Å². The lowest BCUT2D eigenvalue weighted by atomic mass is 9.88. The molecule has 0 aromatic heterocycles.